The van der Waals surface area contributed by atoms with Crippen LogP contribution in [-0.2, 0) is 12.1 Å². The van der Waals surface area contributed by atoms with E-state index in [4.69, 9.17) is 9.15 Å². The smallest absolute Gasteiger partial charge is 0.315 e. The molecule has 2 aromatic rings. The number of hydrogen-bond donors (Lipinski definition) is 3. The van der Waals surface area contributed by atoms with Crippen molar-refractivity contribution in [3.05, 3.63) is 54.0 Å². The number of benzene rings is 1. The highest BCUT2D eigenvalue weighted by Gasteiger charge is 2.26. The Bertz CT molecular complexity index is 693. The molecule has 3 N–H and O–H groups in total. The summed E-state index contributed by atoms with van der Waals surface area (Å²) in [5, 5.41) is 15.8. The lowest BCUT2D eigenvalue weighted by molar-refractivity contribution is 0.0367. The highest BCUT2D eigenvalue weighted by Crippen LogP contribution is 2.30. The number of nitrogens with one attached hydrogen (secondary N) is 2. The maximum atomic E-state index is 12.0. The van der Waals surface area contributed by atoms with Gasteiger partial charge in [0.2, 0.25) is 0 Å². The summed E-state index contributed by atoms with van der Waals surface area (Å²) in [5.74, 6) is 1.89. The average molecular weight is 344 g/mol. The normalized spacial score (nSPS) is 16.1. The van der Waals surface area contributed by atoms with Crippen molar-refractivity contribution in [1.82, 2.24) is 10.6 Å². The van der Waals surface area contributed by atoms with Crippen LogP contribution in [0.3, 0.4) is 0 Å². The average Bonchev–Trinajstić information content (AvgIpc) is 3.26. The van der Waals surface area contributed by atoms with Crippen LogP contribution in [0.4, 0.5) is 4.79 Å². The van der Waals surface area contributed by atoms with Gasteiger partial charge in [0.25, 0.3) is 0 Å². The molecule has 0 spiro atoms. The first-order valence-corrected chi connectivity index (χ1v) is 8.53. The summed E-state index contributed by atoms with van der Waals surface area (Å²) in [6, 6.07) is 10.7. The van der Waals surface area contributed by atoms with Crippen LogP contribution in [0.2, 0.25) is 0 Å². The molecule has 1 aromatic carbocycles. The van der Waals surface area contributed by atoms with Gasteiger partial charge in [-0.2, -0.15) is 0 Å². The van der Waals surface area contributed by atoms with Crippen LogP contribution in [0.15, 0.2) is 47.1 Å². The van der Waals surface area contributed by atoms with Gasteiger partial charge in [-0.3, -0.25) is 0 Å². The molecule has 0 saturated heterocycles. The Morgan fingerprint density at radius 1 is 1.28 bits per heavy atom. The standard InChI is InChI=1S/C19H24N2O4/c1-19(23,17-7-4-10-24-17)13-21-18(22)20-11-15-5-2-3-6-16(15)25-12-14-8-9-14/h2-7,10,14,23H,8-9,11-13H2,1H3,(H2,20,21,22). The quantitative estimate of drug-likeness (QED) is 0.687. The molecule has 1 saturated carbocycles. The number of amides is 2. The first-order valence-electron chi connectivity index (χ1n) is 8.53. The van der Waals surface area contributed by atoms with Crippen LogP contribution in [0.1, 0.15) is 31.1 Å². The van der Waals surface area contributed by atoms with Crippen LogP contribution >= 0.6 is 0 Å². The molecule has 1 aliphatic rings. The van der Waals surface area contributed by atoms with E-state index in [1.807, 2.05) is 24.3 Å². The second-order valence-electron chi connectivity index (χ2n) is 6.65. The molecule has 6 heteroatoms. The van der Waals surface area contributed by atoms with Gasteiger partial charge in [0.1, 0.15) is 17.1 Å². The molecular weight excluding hydrogens is 320 g/mol. The molecule has 1 atom stereocenters. The highest BCUT2D eigenvalue weighted by molar-refractivity contribution is 5.74. The number of aliphatic hydroxyl groups is 1. The molecule has 6 nitrogen and oxygen atoms in total. The lowest BCUT2D eigenvalue weighted by Crippen LogP contribution is -2.43. The topological polar surface area (TPSA) is 83.7 Å². The van der Waals surface area contributed by atoms with Crippen LogP contribution in [-0.4, -0.2) is 24.3 Å². The van der Waals surface area contributed by atoms with E-state index in [-0.39, 0.29) is 12.6 Å². The van der Waals surface area contributed by atoms with Gasteiger partial charge in [-0.25, -0.2) is 4.79 Å². The van der Waals surface area contributed by atoms with Crippen molar-refractivity contribution in [2.75, 3.05) is 13.2 Å². The van der Waals surface area contributed by atoms with E-state index in [0.717, 1.165) is 17.9 Å². The number of para-hydroxylation sites is 1. The van der Waals surface area contributed by atoms with Crippen molar-refractivity contribution in [3.63, 3.8) is 0 Å². The Morgan fingerprint density at radius 2 is 2.08 bits per heavy atom. The van der Waals surface area contributed by atoms with Gasteiger partial charge in [-0.05, 0) is 43.9 Å². The first kappa shape index (κ1) is 17.4. The van der Waals surface area contributed by atoms with Crippen LogP contribution in [0.5, 0.6) is 5.75 Å². The summed E-state index contributed by atoms with van der Waals surface area (Å²) in [6.07, 6.45) is 3.96. The molecule has 1 heterocycles. The third-order valence-electron chi connectivity index (χ3n) is 4.23. The Kier molecular flexibility index (Phi) is 5.28. The molecule has 0 aliphatic heterocycles. The second kappa shape index (κ2) is 7.61. The fourth-order valence-corrected chi connectivity index (χ4v) is 2.45. The zero-order valence-corrected chi connectivity index (χ0v) is 14.3. The Hall–Kier alpha value is -2.47. The molecule has 1 fully saturated rings. The van der Waals surface area contributed by atoms with Gasteiger partial charge < -0.3 is 24.9 Å². The van der Waals surface area contributed by atoms with Crippen molar-refractivity contribution in [1.29, 1.82) is 0 Å². The van der Waals surface area contributed by atoms with Crippen molar-refractivity contribution in [2.45, 2.75) is 31.9 Å². The summed E-state index contributed by atoms with van der Waals surface area (Å²) in [6.45, 7) is 2.73. The zero-order chi connectivity index (χ0) is 17.7. The SMILES string of the molecule is CC(O)(CNC(=O)NCc1ccccc1OCC1CC1)c1ccco1. The van der Waals surface area contributed by atoms with Crippen LogP contribution in [0, 0.1) is 5.92 Å². The second-order valence-corrected chi connectivity index (χ2v) is 6.65. The van der Waals surface area contributed by atoms with Crippen molar-refractivity contribution >= 4 is 6.03 Å². The molecule has 25 heavy (non-hydrogen) atoms. The largest absolute Gasteiger partial charge is 0.493 e. The van der Waals surface area contributed by atoms with Crippen LogP contribution in [0.25, 0.3) is 0 Å². The molecule has 1 unspecified atom stereocenters. The van der Waals surface area contributed by atoms with E-state index in [0.29, 0.717) is 18.2 Å². The number of ether oxygens (including phenoxy) is 1. The van der Waals surface area contributed by atoms with Crippen molar-refractivity contribution in [3.8, 4) is 5.75 Å². The third-order valence-corrected chi connectivity index (χ3v) is 4.23. The van der Waals surface area contributed by atoms with E-state index >= 15 is 0 Å². The minimum atomic E-state index is -1.26. The minimum Gasteiger partial charge on any atom is -0.493 e. The number of urea groups is 1. The summed E-state index contributed by atoms with van der Waals surface area (Å²) in [4.78, 5) is 12.0. The molecule has 0 radical (unpaired) electrons. The van der Waals surface area contributed by atoms with Gasteiger partial charge >= 0.3 is 6.03 Å². The van der Waals surface area contributed by atoms with E-state index in [9.17, 15) is 9.90 Å². The third kappa shape index (κ3) is 5.00. The Balaban J connectivity index is 1.47. The number of hydrogen-bond acceptors (Lipinski definition) is 4. The van der Waals surface area contributed by atoms with Crippen molar-refractivity contribution < 1.29 is 19.1 Å². The zero-order valence-electron chi connectivity index (χ0n) is 14.3. The van der Waals surface area contributed by atoms with Gasteiger partial charge in [-0.1, -0.05) is 18.2 Å². The van der Waals surface area contributed by atoms with Crippen molar-refractivity contribution in [2.24, 2.45) is 5.92 Å². The monoisotopic (exact) mass is 344 g/mol. The fourth-order valence-electron chi connectivity index (χ4n) is 2.45. The maximum Gasteiger partial charge on any atom is 0.315 e. The maximum absolute atomic E-state index is 12.0. The number of furan rings is 1. The predicted octanol–water partition coefficient (Wildman–Crippen LogP) is 2.78. The predicted molar refractivity (Wildman–Crippen MR) is 93.2 cm³/mol. The molecule has 2 amide bonds. The first-order chi connectivity index (χ1) is 12.0. The summed E-state index contributed by atoms with van der Waals surface area (Å²) in [5.41, 5.74) is -0.331. The number of carbonyl (C=O) groups excluding carboxylic acids is 1. The van der Waals surface area contributed by atoms with E-state index in [1.165, 1.54) is 19.1 Å². The lowest BCUT2D eigenvalue weighted by atomic mass is 10.0. The van der Waals surface area contributed by atoms with Crippen LogP contribution < -0.4 is 15.4 Å². The van der Waals surface area contributed by atoms with Gasteiger partial charge in [-0.15, -0.1) is 0 Å². The van der Waals surface area contributed by atoms with Gasteiger partial charge in [0, 0.05) is 12.1 Å². The van der Waals surface area contributed by atoms with Gasteiger partial charge in [0.15, 0.2) is 0 Å². The lowest BCUT2D eigenvalue weighted by Gasteiger charge is -2.21. The minimum absolute atomic E-state index is 0.0478. The summed E-state index contributed by atoms with van der Waals surface area (Å²) >= 11 is 0. The van der Waals surface area contributed by atoms with Gasteiger partial charge in [0.05, 0.1) is 19.4 Å². The van der Waals surface area contributed by atoms with E-state index < -0.39 is 5.60 Å². The number of rotatable bonds is 8. The molecule has 0 bridgehead atoms. The molecule has 134 valence electrons. The van der Waals surface area contributed by atoms with E-state index in [1.54, 1.807) is 19.1 Å². The van der Waals surface area contributed by atoms with E-state index in [2.05, 4.69) is 10.6 Å². The Morgan fingerprint density at radius 3 is 2.80 bits per heavy atom. The molecule has 3 rings (SSSR count). The highest BCUT2D eigenvalue weighted by atomic mass is 16.5. The summed E-state index contributed by atoms with van der Waals surface area (Å²) in [7, 11) is 0. The molecule has 1 aromatic heterocycles. The number of carbonyl (C=O) groups is 1. The Labute approximate surface area is 147 Å². The molecule has 1 aliphatic carbocycles. The fraction of sp³-hybridized carbons (Fsp3) is 0.421. The summed E-state index contributed by atoms with van der Waals surface area (Å²) < 4.78 is 11.0. The molecular formula is C19H24N2O4.